The molecule has 0 aliphatic carbocycles. The molecule has 2 rings (SSSR count). The monoisotopic (exact) mass is 238 g/mol. The zero-order valence-corrected chi connectivity index (χ0v) is 10.9. The molecular weight excluding hydrogens is 216 g/mol. The van der Waals surface area contributed by atoms with E-state index in [4.69, 9.17) is 4.74 Å². The minimum atomic E-state index is -0.582. The molecule has 0 spiro atoms. The summed E-state index contributed by atoms with van der Waals surface area (Å²) in [4.78, 5) is 0. The third-order valence-electron chi connectivity index (χ3n) is 3.57. The van der Waals surface area contributed by atoms with Crippen LogP contribution in [0.2, 0.25) is 0 Å². The Labute approximate surface area is 103 Å². The molecule has 0 amide bonds. The molecule has 1 fully saturated rings. The Balaban J connectivity index is 1.95. The van der Waals surface area contributed by atoms with Crippen LogP contribution in [0.4, 0.5) is 0 Å². The third-order valence-corrected chi connectivity index (χ3v) is 3.57. The lowest BCUT2D eigenvalue weighted by atomic mass is 9.83. The summed E-state index contributed by atoms with van der Waals surface area (Å²) in [5.41, 5.74) is 0.590. The fraction of sp³-hybridized carbons (Fsp3) is 0.769. The van der Waals surface area contributed by atoms with Gasteiger partial charge in [0.05, 0.1) is 17.8 Å². The standard InChI is InChI=1S/C13H22N2O2/c1-10-8-13(16,9-11(2)17-10)6-4-12-5-7-14-15(12)3/h5,7,10-11,16H,4,6,8-9H2,1-3H3. The van der Waals surface area contributed by atoms with Crippen molar-refractivity contribution in [3.8, 4) is 0 Å². The van der Waals surface area contributed by atoms with Crippen molar-refractivity contribution in [2.24, 2.45) is 7.05 Å². The number of rotatable bonds is 3. The van der Waals surface area contributed by atoms with Crippen LogP contribution in [0, 0.1) is 0 Å². The van der Waals surface area contributed by atoms with Crippen molar-refractivity contribution in [3.05, 3.63) is 18.0 Å². The van der Waals surface area contributed by atoms with E-state index in [0.29, 0.717) is 0 Å². The first kappa shape index (κ1) is 12.6. The van der Waals surface area contributed by atoms with E-state index in [1.807, 2.05) is 31.6 Å². The Hall–Kier alpha value is -0.870. The molecule has 1 saturated heterocycles. The zero-order valence-electron chi connectivity index (χ0n) is 10.9. The number of nitrogens with zero attached hydrogens (tertiary/aromatic N) is 2. The molecule has 2 atom stereocenters. The first-order valence-corrected chi connectivity index (χ1v) is 6.33. The van der Waals surface area contributed by atoms with Crippen LogP contribution < -0.4 is 0 Å². The molecule has 1 aliphatic heterocycles. The third kappa shape index (κ3) is 3.07. The van der Waals surface area contributed by atoms with Crippen LogP contribution in [0.5, 0.6) is 0 Å². The van der Waals surface area contributed by atoms with E-state index in [-0.39, 0.29) is 12.2 Å². The predicted molar refractivity (Wildman–Crippen MR) is 65.7 cm³/mol. The van der Waals surface area contributed by atoms with Gasteiger partial charge < -0.3 is 9.84 Å². The average Bonchev–Trinajstić information content (AvgIpc) is 2.59. The van der Waals surface area contributed by atoms with Crippen molar-refractivity contribution in [3.63, 3.8) is 0 Å². The summed E-state index contributed by atoms with van der Waals surface area (Å²) < 4.78 is 7.54. The van der Waals surface area contributed by atoms with Crippen LogP contribution in [-0.4, -0.2) is 32.7 Å². The van der Waals surface area contributed by atoms with Gasteiger partial charge in [-0.2, -0.15) is 5.10 Å². The minimum Gasteiger partial charge on any atom is -0.390 e. The van der Waals surface area contributed by atoms with E-state index < -0.39 is 5.60 Å². The van der Waals surface area contributed by atoms with E-state index in [2.05, 4.69) is 5.10 Å². The van der Waals surface area contributed by atoms with E-state index in [1.165, 1.54) is 5.69 Å². The van der Waals surface area contributed by atoms with Gasteiger partial charge in [-0.1, -0.05) is 0 Å². The van der Waals surface area contributed by atoms with E-state index in [9.17, 15) is 5.11 Å². The van der Waals surface area contributed by atoms with Gasteiger partial charge in [-0.3, -0.25) is 4.68 Å². The van der Waals surface area contributed by atoms with Crippen LogP contribution in [0.3, 0.4) is 0 Å². The van der Waals surface area contributed by atoms with Crippen molar-refractivity contribution in [2.45, 2.75) is 57.3 Å². The Morgan fingerprint density at radius 3 is 2.65 bits per heavy atom. The average molecular weight is 238 g/mol. The molecule has 1 aliphatic rings. The van der Waals surface area contributed by atoms with Crippen LogP contribution in [0.15, 0.2) is 12.3 Å². The van der Waals surface area contributed by atoms with Gasteiger partial charge in [0.15, 0.2) is 0 Å². The van der Waals surface area contributed by atoms with Gasteiger partial charge >= 0.3 is 0 Å². The first-order chi connectivity index (χ1) is 7.98. The Morgan fingerprint density at radius 2 is 2.12 bits per heavy atom. The lowest BCUT2D eigenvalue weighted by molar-refractivity contribution is -0.134. The van der Waals surface area contributed by atoms with Gasteiger partial charge in [0.1, 0.15) is 0 Å². The molecule has 0 aromatic carbocycles. The lowest BCUT2D eigenvalue weighted by Crippen LogP contribution is -2.43. The minimum absolute atomic E-state index is 0.148. The topological polar surface area (TPSA) is 47.3 Å². The fourth-order valence-electron chi connectivity index (χ4n) is 2.86. The number of aliphatic hydroxyl groups is 1. The van der Waals surface area contributed by atoms with Crippen LogP contribution in [-0.2, 0) is 18.2 Å². The van der Waals surface area contributed by atoms with Crippen LogP contribution >= 0.6 is 0 Å². The number of hydrogen-bond acceptors (Lipinski definition) is 3. The van der Waals surface area contributed by atoms with Crippen molar-refractivity contribution in [1.82, 2.24) is 9.78 Å². The van der Waals surface area contributed by atoms with Gasteiger partial charge in [0.2, 0.25) is 0 Å². The zero-order chi connectivity index (χ0) is 12.5. The summed E-state index contributed by atoms with van der Waals surface area (Å²) in [5, 5.41) is 14.7. The molecule has 96 valence electrons. The van der Waals surface area contributed by atoms with Gasteiger partial charge in [-0.25, -0.2) is 0 Å². The molecule has 4 heteroatoms. The van der Waals surface area contributed by atoms with Gasteiger partial charge in [-0.15, -0.1) is 0 Å². The van der Waals surface area contributed by atoms with Gasteiger partial charge in [-0.05, 0) is 32.8 Å². The SMILES string of the molecule is CC1CC(O)(CCc2ccnn2C)CC(C)O1. The molecule has 0 bridgehead atoms. The maximum Gasteiger partial charge on any atom is 0.0700 e. The Morgan fingerprint density at radius 1 is 1.47 bits per heavy atom. The molecule has 2 heterocycles. The number of aromatic nitrogens is 2. The molecular formula is C13H22N2O2. The molecule has 1 aromatic rings. The van der Waals surface area contributed by atoms with E-state index in [0.717, 1.165) is 25.7 Å². The summed E-state index contributed by atoms with van der Waals surface area (Å²) in [6.07, 6.45) is 5.21. The first-order valence-electron chi connectivity index (χ1n) is 6.33. The summed E-state index contributed by atoms with van der Waals surface area (Å²) in [5.74, 6) is 0. The molecule has 17 heavy (non-hydrogen) atoms. The number of aryl methyl sites for hydroxylation is 2. The van der Waals surface area contributed by atoms with Crippen molar-refractivity contribution in [1.29, 1.82) is 0 Å². The largest absolute Gasteiger partial charge is 0.390 e. The number of ether oxygens (including phenoxy) is 1. The highest BCUT2D eigenvalue weighted by atomic mass is 16.5. The molecule has 0 radical (unpaired) electrons. The summed E-state index contributed by atoms with van der Waals surface area (Å²) in [6, 6.07) is 2.01. The Bertz CT molecular complexity index is 365. The van der Waals surface area contributed by atoms with Crippen molar-refractivity contribution in [2.75, 3.05) is 0 Å². The van der Waals surface area contributed by atoms with Crippen LogP contribution in [0.1, 0.15) is 38.8 Å². The second kappa shape index (κ2) is 4.78. The summed E-state index contributed by atoms with van der Waals surface area (Å²) >= 11 is 0. The van der Waals surface area contributed by atoms with Crippen LogP contribution in [0.25, 0.3) is 0 Å². The molecule has 1 aromatic heterocycles. The smallest absolute Gasteiger partial charge is 0.0700 e. The quantitative estimate of drug-likeness (QED) is 0.871. The molecule has 4 nitrogen and oxygen atoms in total. The number of hydrogen-bond donors (Lipinski definition) is 1. The summed E-state index contributed by atoms with van der Waals surface area (Å²) in [7, 11) is 1.94. The maximum absolute atomic E-state index is 10.6. The fourth-order valence-corrected chi connectivity index (χ4v) is 2.86. The predicted octanol–water partition coefficient (Wildman–Crippen LogP) is 1.67. The summed E-state index contributed by atoms with van der Waals surface area (Å²) in [6.45, 7) is 4.06. The van der Waals surface area contributed by atoms with E-state index in [1.54, 1.807) is 6.20 Å². The van der Waals surface area contributed by atoms with E-state index >= 15 is 0 Å². The highest BCUT2D eigenvalue weighted by molar-refractivity contribution is 5.02. The highest BCUT2D eigenvalue weighted by Gasteiger charge is 2.36. The molecule has 1 N–H and O–H groups in total. The van der Waals surface area contributed by atoms with Gasteiger partial charge in [0, 0.05) is 31.8 Å². The Kier molecular flexibility index (Phi) is 3.54. The normalized spacial score (nSPS) is 33.9. The van der Waals surface area contributed by atoms with Gasteiger partial charge in [0.25, 0.3) is 0 Å². The van der Waals surface area contributed by atoms with Crippen molar-refractivity contribution < 1.29 is 9.84 Å². The van der Waals surface area contributed by atoms with Crippen molar-refractivity contribution >= 4 is 0 Å². The second-order valence-electron chi connectivity index (χ2n) is 5.34. The highest BCUT2D eigenvalue weighted by Crippen LogP contribution is 2.32. The second-order valence-corrected chi connectivity index (χ2v) is 5.34. The molecule has 0 saturated carbocycles. The maximum atomic E-state index is 10.6. The molecule has 2 unspecified atom stereocenters. The lowest BCUT2D eigenvalue weighted by Gasteiger charge is -2.39.